The van der Waals surface area contributed by atoms with Gasteiger partial charge >= 0.3 is 0 Å². The fourth-order valence-corrected chi connectivity index (χ4v) is 3.63. The summed E-state index contributed by atoms with van der Waals surface area (Å²) in [6.45, 7) is 15.4. The molecule has 0 aromatic rings. The molecule has 1 aliphatic carbocycles. The predicted octanol–water partition coefficient (Wildman–Crippen LogP) is 4.84. The van der Waals surface area contributed by atoms with Crippen LogP contribution in [0, 0.1) is 5.41 Å². The number of nitrogens with zero attached hydrogens (tertiary/aromatic N) is 1. The van der Waals surface area contributed by atoms with E-state index in [4.69, 9.17) is 0 Å². The van der Waals surface area contributed by atoms with Crippen LogP contribution in [0.5, 0.6) is 0 Å². The van der Waals surface area contributed by atoms with Crippen molar-refractivity contribution >= 4 is 0 Å². The Morgan fingerprint density at radius 1 is 1.00 bits per heavy atom. The Kier molecular flexibility index (Phi) is 8.89. The first-order valence-electron chi connectivity index (χ1n) is 9.46. The molecule has 0 aromatic heterocycles. The molecule has 0 amide bonds. The summed E-state index contributed by atoms with van der Waals surface area (Å²) >= 11 is 0. The van der Waals surface area contributed by atoms with Gasteiger partial charge in [-0.2, -0.15) is 0 Å². The third-order valence-electron chi connectivity index (χ3n) is 5.12. The smallest absolute Gasteiger partial charge is 0.00528 e. The van der Waals surface area contributed by atoms with Gasteiger partial charge in [0.15, 0.2) is 0 Å². The van der Waals surface area contributed by atoms with E-state index in [-0.39, 0.29) is 0 Å². The molecule has 1 rings (SSSR count). The fraction of sp³-hybridized carbons (Fsp3) is 1.00. The van der Waals surface area contributed by atoms with Gasteiger partial charge in [-0.05, 0) is 45.1 Å². The lowest BCUT2D eigenvalue weighted by Gasteiger charge is -2.43. The summed E-state index contributed by atoms with van der Waals surface area (Å²) in [4.78, 5) is 2.75. The zero-order valence-corrected chi connectivity index (χ0v) is 15.4. The number of hydrogen-bond acceptors (Lipinski definition) is 2. The summed E-state index contributed by atoms with van der Waals surface area (Å²) in [6.07, 6.45) is 11.2. The van der Waals surface area contributed by atoms with E-state index in [0.717, 1.165) is 0 Å². The first-order valence-corrected chi connectivity index (χ1v) is 9.46. The molecule has 2 nitrogen and oxygen atoms in total. The highest BCUT2D eigenvalue weighted by Crippen LogP contribution is 2.37. The molecule has 2 heteroatoms. The van der Waals surface area contributed by atoms with E-state index in [1.807, 2.05) is 0 Å². The second-order valence-corrected chi connectivity index (χ2v) is 7.87. The monoisotopic (exact) mass is 296 g/mol. The van der Waals surface area contributed by atoms with Crippen molar-refractivity contribution in [2.24, 2.45) is 5.41 Å². The second kappa shape index (κ2) is 9.84. The molecule has 1 fully saturated rings. The molecule has 0 radical (unpaired) electrons. The molecule has 126 valence electrons. The molecule has 0 unspecified atom stereocenters. The van der Waals surface area contributed by atoms with E-state index < -0.39 is 0 Å². The van der Waals surface area contributed by atoms with Gasteiger partial charge in [0, 0.05) is 25.2 Å². The minimum absolute atomic E-state index is 0.527. The van der Waals surface area contributed by atoms with Crippen LogP contribution in [0.2, 0.25) is 0 Å². The van der Waals surface area contributed by atoms with Gasteiger partial charge in [0.2, 0.25) is 0 Å². The van der Waals surface area contributed by atoms with Crippen molar-refractivity contribution in [3.63, 3.8) is 0 Å². The highest BCUT2D eigenvalue weighted by Gasteiger charge is 2.34. The molecule has 0 spiro atoms. The van der Waals surface area contributed by atoms with Gasteiger partial charge in [-0.3, -0.25) is 0 Å². The Morgan fingerprint density at radius 3 is 2.19 bits per heavy atom. The quantitative estimate of drug-likeness (QED) is 0.581. The van der Waals surface area contributed by atoms with E-state index in [1.54, 1.807) is 0 Å². The Labute approximate surface area is 134 Å². The number of hydrogen-bond donors (Lipinski definition) is 1. The SMILES string of the molecule is CCCCCN(CC1(CNC(C)C)CCCCC1)C(C)C. The first kappa shape index (κ1) is 19.0. The van der Waals surface area contributed by atoms with Crippen LogP contribution in [-0.4, -0.2) is 36.6 Å². The van der Waals surface area contributed by atoms with Crippen LogP contribution < -0.4 is 5.32 Å². The van der Waals surface area contributed by atoms with Crippen molar-refractivity contribution in [1.29, 1.82) is 0 Å². The van der Waals surface area contributed by atoms with Crippen LogP contribution in [0.15, 0.2) is 0 Å². The molecule has 0 heterocycles. The molecule has 21 heavy (non-hydrogen) atoms. The molecule has 1 N–H and O–H groups in total. The fourth-order valence-electron chi connectivity index (χ4n) is 3.63. The van der Waals surface area contributed by atoms with Gasteiger partial charge in [0.1, 0.15) is 0 Å². The summed E-state index contributed by atoms with van der Waals surface area (Å²) in [5.74, 6) is 0. The van der Waals surface area contributed by atoms with E-state index in [9.17, 15) is 0 Å². The van der Waals surface area contributed by atoms with Crippen molar-refractivity contribution < 1.29 is 0 Å². The van der Waals surface area contributed by atoms with Crippen molar-refractivity contribution in [3.05, 3.63) is 0 Å². The lowest BCUT2D eigenvalue weighted by atomic mass is 9.73. The maximum atomic E-state index is 3.74. The molecule has 0 atom stereocenters. The zero-order chi connectivity index (χ0) is 15.7. The van der Waals surface area contributed by atoms with Crippen LogP contribution in [0.3, 0.4) is 0 Å². The Morgan fingerprint density at radius 2 is 1.67 bits per heavy atom. The van der Waals surface area contributed by atoms with Crippen LogP contribution >= 0.6 is 0 Å². The third-order valence-corrected chi connectivity index (χ3v) is 5.12. The molecule has 1 aliphatic rings. The molecule has 1 saturated carbocycles. The lowest BCUT2D eigenvalue weighted by Crippen LogP contribution is -2.48. The summed E-state index contributed by atoms with van der Waals surface area (Å²) in [5.41, 5.74) is 0.527. The topological polar surface area (TPSA) is 15.3 Å². The predicted molar refractivity (Wildman–Crippen MR) is 94.9 cm³/mol. The van der Waals surface area contributed by atoms with E-state index in [2.05, 4.69) is 44.8 Å². The van der Waals surface area contributed by atoms with Crippen molar-refractivity contribution in [1.82, 2.24) is 10.2 Å². The third kappa shape index (κ3) is 7.15. The maximum absolute atomic E-state index is 3.74. The van der Waals surface area contributed by atoms with Gasteiger partial charge in [-0.1, -0.05) is 52.9 Å². The van der Waals surface area contributed by atoms with Crippen LogP contribution in [-0.2, 0) is 0 Å². The second-order valence-electron chi connectivity index (χ2n) is 7.87. The highest BCUT2D eigenvalue weighted by atomic mass is 15.2. The Hall–Kier alpha value is -0.0800. The molecular weight excluding hydrogens is 256 g/mol. The van der Waals surface area contributed by atoms with Crippen molar-refractivity contribution in [3.8, 4) is 0 Å². The average molecular weight is 297 g/mol. The average Bonchev–Trinajstić information content (AvgIpc) is 2.45. The summed E-state index contributed by atoms with van der Waals surface area (Å²) < 4.78 is 0. The molecular formula is C19H40N2. The van der Waals surface area contributed by atoms with Gasteiger partial charge in [0.25, 0.3) is 0 Å². The van der Waals surface area contributed by atoms with E-state index in [0.29, 0.717) is 17.5 Å². The highest BCUT2D eigenvalue weighted by molar-refractivity contribution is 4.89. The van der Waals surface area contributed by atoms with E-state index >= 15 is 0 Å². The van der Waals surface area contributed by atoms with Crippen LogP contribution in [0.4, 0.5) is 0 Å². The van der Waals surface area contributed by atoms with Crippen molar-refractivity contribution in [2.75, 3.05) is 19.6 Å². The Bertz CT molecular complexity index is 254. The largest absolute Gasteiger partial charge is 0.314 e. The minimum atomic E-state index is 0.527. The molecule has 0 bridgehead atoms. The van der Waals surface area contributed by atoms with E-state index in [1.165, 1.54) is 71.0 Å². The number of rotatable bonds is 10. The van der Waals surface area contributed by atoms with Crippen molar-refractivity contribution in [2.45, 2.75) is 98.1 Å². The molecule has 0 aliphatic heterocycles. The maximum Gasteiger partial charge on any atom is 0.00528 e. The molecule has 0 saturated heterocycles. The normalized spacial score (nSPS) is 18.9. The summed E-state index contributed by atoms with van der Waals surface area (Å²) in [5, 5.41) is 3.74. The number of nitrogens with one attached hydrogen (secondary N) is 1. The van der Waals surface area contributed by atoms with Gasteiger partial charge in [-0.25, -0.2) is 0 Å². The summed E-state index contributed by atoms with van der Waals surface area (Å²) in [6, 6.07) is 1.29. The summed E-state index contributed by atoms with van der Waals surface area (Å²) in [7, 11) is 0. The molecule has 0 aromatic carbocycles. The number of unbranched alkanes of at least 4 members (excludes halogenated alkanes) is 2. The van der Waals surface area contributed by atoms with Gasteiger partial charge < -0.3 is 10.2 Å². The standard InChI is InChI=1S/C19H40N2/c1-6-7-11-14-21(18(4)5)16-19(15-20-17(2)3)12-9-8-10-13-19/h17-18,20H,6-16H2,1-5H3. The lowest BCUT2D eigenvalue weighted by molar-refractivity contribution is 0.0804. The van der Waals surface area contributed by atoms with Crippen LogP contribution in [0.1, 0.15) is 86.0 Å². The minimum Gasteiger partial charge on any atom is -0.314 e. The van der Waals surface area contributed by atoms with Crippen LogP contribution in [0.25, 0.3) is 0 Å². The first-order chi connectivity index (χ1) is 9.99. The zero-order valence-electron chi connectivity index (χ0n) is 15.4. The van der Waals surface area contributed by atoms with Gasteiger partial charge in [0.05, 0.1) is 0 Å². The Balaban J connectivity index is 2.62. The van der Waals surface area contributed by atoms with Gasteiger partial charge in [-0.15, -0.1) is 0 Å².